The van der Waals surface area contributed by atoms with Crippen LogP contribution in [0.5, 0.6) is 5.75 Å². The molecule has 2 aromatic rings. The summed E-state index contributed by atoms with van der Waals surface area (Å²) in [4.78, 5) is 21.9. The van der Waals surface area contributed by atoms with Crippen LogP contribution in [0.3, 0.4) is 0 Å². The van der Waals surface area contributed by atoms with Crippen LogP contribution in [0.2, 0.25) is 0 Å². The Hall–Kier alpha value is -1.89. The molecule has 4 nitrogen and oxygen atoms in total. The molecule has 0 fully saturated rings. The molecule has 102 valence electrons. The van der Waals surface area contributed by atoms with Gasteiger partial charge in [0.1, 0.15) is 5.75 Å². The predicted molar refractivity (Wildman–Crippen MR) is 65.9 cm³/mol. The van der Waals surface area contributed by atoms with Gasteiger partial charge in [0.25, 0.3) is 0 Å². The average Bonchev–Trinajstić information content (AvgIpc) is 2.41. The van der Waals surface area contributed by atoms with Crippen molar-refractivity contribution in [3.8, 4) is 5.75 Å². The molecule has 0 amide bonds. The van der Waals surface area contributed by atoms with Gasteiger partial charge < -0.3 is 14.6 Å². The van der Waals surface area contributed by atoms with Gasteiger partial charge in [0.2, 0.25) is 3.57 Å². The molecule has 0 radical (unpaired) electrons. The van der Waals surface area contributed by atoms with Crippen molar-refractivity contribution in [2.45, 2.75) is 6.92 Å². The zero-order chi connectivity index (χ0) is 14.5. The van der Waals surface area contributed by atoms with Crippen molar-refractivity contribution in [1.29, 1.82) is 0 Å². The van der Waals surface area contributed by atoms with E-state index >= 15 is 0 Å². The Kier molecular flexibility index (Phi) is 4.73. The summed E-state index contributed by atoms with van der Waals surface area (Å²) < 4.78 is 6.78. The number of rotatable bonds is 4. The van der Waals surface area contributed by atoms with E-state index in [4.69, 9.17) is 4.74 Å². The number of aromatic carboxylic acids is 1. The number of hydrogen-bond acceptors (Lipinski definition) is 4. The zero-order valence-corrected chi connectivity index (χ0v) is 12.8. The van der Waals surface area contributed by atoms with Crippen LogP contribution in [-0.2, 0) is 4.79 Å². The third-order valence-electron chi connectivity index (χ3n) is 2.38. The highest BCUT2D eigenvalue weighted by atomic mass is 127. The molecular weight excluding hydrogens is 371 g/mol. The highest BCUT2D eigenvalue weighted by Gasteiger charge is 2.20. The van der Waals surface area contributed by atoms with E-state index in [1.807, 2.05) is 18.2 Å². The molecule has 20 heavy (non-hydrogen) atoms. The number of benzene rings is 2. The number of carbonyl (C=O) groups is 2. The van der Waals surface area contributed by atoms with Crippen molar-refractivity contribution < 1.29 is 40.6 Å². The number of carboxylic acids is 1. The van der Waals surface area contributed by atoms with Crippen molar-refractivity contribution >= 4 is 11.9 Å². The molecule has 0 saturated heterocycles. The Bertz CT molecular complexity index is 635. The van der Waals surface area contributed by atoms with Gasteiger partial charge in [-0.3, -0.25) is 4.79 Å². The molecule has 0 bridgehead atoms. The Balaban J connectivity index is 2.18. The van der Waals surface area contributed by atoms with Crippen LogP contribution in [0.25, 0.3) is 0 Å². The second-order valence-corrected chi connectivity index (χ2v) is 6.86. The lowest BCUT2D eigenvalue weighted by Crippen LogP contribution is -3.61. The van der Waals surface area contributed by atoms with E-state index < -0.39 is 27.2 Å². The molecule has 0 heterocycles. The molecule has 2 aromatic carbocycles. The van der Waals surface area contributed by atoms with Crippen LogP contribution in [0.15, 0.2) is 48.5 Å². The Labute approximate surface area is 126 Å². The third-order valence-corrected chi connectivity index (χ3v) is 5.24. The number of carbonyl (C=O) groups excluding carboxylic acids is 2. The van der Waals surface area contributed by atoms with E-state index in [0.29, 0.717) is 5.75 Å². The number of carboxylic acid groups (broad SMARTS) is 1. The monoisotopic (exact) mass is 382 g/mol. The highest BCUT2D eigenvalue weighted by Crippen LogP contribution is 2.08. The molecule has 0 aliphatic carbocycles. The zero-order valence-electron chi connectivity index (χ0n) is 10.6. The molecule has 5 heteroatoms. The van der Waals surface area contributed by atoms with Gasteiger partial charge in [0.15, 0.2) is 3.57 Å². The number of hydrogen-bond donors (Lipinski definition) is 0. The van der Waals surface area contributed by atoms with Gasteiger partial charge >= 0.3 is 27.2 Å². The first-order chi connectivity index (χ1) is 9.56. The van der Waals surface area contributed by atoms with Crippen LogP contribution < -0.4 is 31.0 Å². The summed E-state index contributed by atoms with van der Waals surface area (Å²) in [5.74, 6) is -1.04. The van der Waals surface area contributed by atoms with Crippen LogP contribution in [-0.4, -0.2) is 11.9 Å². The largest absolute Gasteiger partial charge is 0.545 e. The minimum absolute atomic E-state index is 0.240. The molecule has 0 unspecified atom stereocenters. The molecule has 0 saturated carbocycles. The van der Waals surface area contributed by atoms with Crippen molar-refractivity contribution in [1.82, 2.24) is 0 Å². The first-order valence-corrected chi connectivity index (χ1v) is 7.95. The summed E-state index contributed by atoms with van der Waals surface area (Å²) in [6.45, 7) is 1.34. The van der Waals surface area contributed by atoms with E-state index in [2.05, 4.69) is 0 Å². The van der Waals surface area contributed by atoms with Crippen LogP contribution >= 0.6 is 0 Å². The van der Waals surface area contributed by atoms with Gasteiger partial charge in [-0.15, -0.1) is 0 Å². The summed E-state index contributed by atoms with van der Waals surface area (Å²) in [6, 6.07) is 14.0. The van der Waals surface area contributed by atoms with Crippen LogP contribution in [0, 0.1) is 7.14 Å². The van der Waals surface area contributed by atoms with Crippen LogP contribution in [0.4, 0.5) is 0 Å². The van der Waals surface area contributed by atoms with Gasteiger partial charge in [0.05, 0.1) is 11.5 Å². The smallest absolute Gasteiger partial charge is 0.358 e. The molecule has 0 atom stereocenters. The first-order valence-electron chi connectivity index (χ1n) is 5.80. The van der Waals surface area contributed by atoms with E-state index in [-0.39, 0.29) is 11.5 Å². The van der Waals surface area contributed by atoms with Crippen molar-refractivity contribution in [2.75, 3.05) is 0 Å². The maximum Gasteiger partial charge on any atom is 0.358 e. The van der Waals surface area contributed by atoms with E-state index in [9.17, 15) is 14.7 Å². The summed E-state index contributed by atoms with van der Waals surface area (Å²) in [7, 11) is 0. The van der Waals surface area contributed by atoms with Crippen molar-refractivity contribution in [3.05, 3.63) is 61.2 Å². The standard InChI is InChI=1S/C15H11IO4/c1-10(17)20-12-8-6-11(7-9-12)16-14-5-3-2-4-13(14)15(18)19/h2-9H,1H3. The Morgan fingerprint density at radius 2 is 1.70 bits per heavy atom. The molecule has 0 aliphatic rings. The van der Waals surface area contributed by atoms with E-state index in [1.165, 1.54) is 6.92 Å². The lowest BCUT2D eigenvalue weighted by Gasteiger charge is -2.01. The molecule has 0 N–H and O–H groups in total. The highest BCUT2D eigenvalue weighted by molar-refractivity contribution is 5.85. The fourth-order valence-electron chi connectivity index (χ4n) is 1.56. The maximum absolute atomic E-state index is 11.0. The lowest BCUT2D eigenvalue weighted by molar-refractivity contribution is -0.598. The van der Waals surface area contributed by atoms with Crippen molar-refractivity contribution in [3.63, 3.8) is 0 Å². The quantitative estimate of drug-likeness (QED) is 0.352. The lowest BCUT2D eigenvalue weighted by atomic mass is 10.2. The predicted octanol–water partition coefficient (Wildman–Crippen LogP) is -1.90. The number of ether oxygens (including phenoxy) is 1. The number of halogens is 1. The topological polar surface area (TPSA) is 66.4 Å². The summed E-state index contributed by atoms with van der Waals surface area (Å²) in [5.41, 5.74) is 0.240. The first kappa shape index (κ1) is 14.5. The van der Waals surface area contributed by atoms with Gasteiger partial charge in [-0.25, -0.2) is 0 Å². The summed E-state index contributed by atoms with van der Waals surface area (Å²) >= 11 is -0.622. The second kappa shape index (κ2) is 6.51. The molecule has 2 rings (SSSR count). The average molecular weight is 382 g/mol. The van der Waals surface area contributed by atoms with Gasteiger partial charge in [-0.05, 0) is 36.4 Å². The van der Waals surface area contributed by atoms with E-state index in [0.717, 1.165) is 7.14 Å². The number of esters is 1. The van der Waals surface area contributed by atoms with Gasteiger partial charge in [0, 0.05) is 6.92 Å². The fourth-order valence-corrected chi connectivity index (χ4v) is 4.03. The van der Waals surface area contributed by atoms with Crippen molar-refractivity contribution in [2.24, 2.45) is 0 Å². The van der Waals surface area contributed by atoms with Gasteiger partial charge in [-0.1, -0.05) is 12.1 Å². The molecule has 0 aliphatic heterocycles. The molecular formula is C15H11IO4. The normalized spacial score (nSPS) is 10.1. The third kappa shape index (κ3) is 3.80. The Morgan fingerprint density at radius 1 is 1.05 bits per heavy atom. The van der Waals surface area contributed by atoms with Crippen LogP contribution in [0.1, 0.15) is 17.3 Å². The molecule has 0 aromatic heterocycles. The minimum atomic E-state index is -1.16. The maximum atomic E-state index is 11.0. The van der Waals surface area contributed by atoms with E-state index in [1.54, 1.807) is 30.3 Å². The SMILES string of the molecule is CC(=O)Oc1ccc([I+]c2ccccc2C(=O)[O-])cc1. The summed E-state index contributed by atoms with van der Waals surface area (Å²) in [6.07, 6.45) is 0. The Morgan fingerprint density at radius 3 is 2.30 bits per heavy atom. The van der Waals surface area contributed by atoms with Gasteiger partial charge in [-0.2, -0.15) is 0 Å². The molecule has 0 spiro atoms. The summed E-state index contributed by atoms with van der Waals surface area (Å²) in [5, 5.41) is 11.0. The fraction of sp³-hybridized carbons (Fsp3) is 0.0667. The second-order valence-electron chi connectivity index (χ2n) is 3.91. The minimum Gasteiger partial charge on any atom is -0.545 e.